The zero-order chi connectivity index (χ0) is 20.3. The molecule has 0 radical (unpaired) electrons. The molecule has 1 heterocycles. The molecular formula is C22H24N2O4. The second-order valence-corrected chi connectivity index (χ2v) is 6.83. The molecular weight excluding hydrogens is 356 g/mol. The van der Waals surface area contributed by atoms with Crippen LogP contribution < -0.4 is 15.0 Å². The SMILES string of the molecule is COc1ccc(C(=O)N(Cc2cc3cc(OC)ccc3[nH]c2=O)C(C)C)cc1. The molecule has 3 aromatic rings. The van der Waals surface area contributed by atoms with Gasteiger partial charge in [-0.2, -0.15) is 0 Å². The van der Waals surface area contributed by atoms with E-state index in [0.717, 1.165) is 10.9 Å². The van der Waals surface area contributed by atoms with E-state index in [-0.39, 0.29) is 24.1 Å². The molecule has 0 saturated heterocycles. The summed E-state index contributed by atoms with van der Waals surface area (Å²) in [6, 6.07) is 14.2. The standard InChI is InChI=1S/C22H24N2O4/c1-14(2)24(22(26)15-5-7-18(27-3)8-6-15)13-17-11-16-12-19(28-4)9-10-20(16)23-21(17)25/h5-12,14H,13H2,1-4H3,(H,23,25). The molecule has 1 amide bonds. The highest BCUT2D eigenvalue weighted by Gasteiger charge is 2.20. The van der Waals surface area contributed by atoms with Gasteiger partial charge in [-0.3, -0.25) is 9.59 Å². The number of hydrogen-bond donors (Lipinski definition) is 1. The average molecular weight is 380 g/mol. The zero-order valence-electron chi connectivity index (χ0n) is 16.5. The normalized spacial score (nSPS) is 10.9. The lowest BCUT2D eigenvalue weighted by atomic mass is 10.1. The Bertz CT molecular complexity index is 1040. The molecule has 2 aromatic carbocycles. The molecule has 0 spiro atoms. The van der Waals surface area contributed by atoms with Crippen LogP contribution in [0, 0.1) is 0 Å². The third kappa shape index (κ3) is 4.01. The van der Waals surface area contributed by atoms with Crippen LogP contribution in [0.5, 0.6) is 11.5 Å². The average Bonchev–Trinajstić information content (AvgIpc) is 2.71. The summed E-state index contributed by atoms with van der Waals surface area (Å²) in [6.45, 7) is 4.07. The maximum absolute atomic E-state index is 13.0. The van der Waals surface area contributed by atoms with E-state index >= 15 is 0 Å². The van der Waals surface area contributed by atoms with E-state index in [1.807, 2.05) is 32.0 Å². The van der Waals surface area contributed by atoms with Crippen molar-refractivity contribution >= 4 is 16.8 Å². The topological polar surface area (TPSA) is 71.6 Å². The number of hydrogen-bond acceptors (Lipinski definition) is 4. The van der Waals surface area contributed by atoms with E-state index in [1.54, 1.807) is 49.5 Å². The summed E-state index contributed by atoms with van der Waals surface area (Å²) in [7, 11) is 3.18. The number of nitrogens with zero attached hydrogens (tertiary/aromatic N) is 1. The number of H-pyrrole nitrogens is 1. The molecule has 28 heavy (non-hydrogen) atoms. The highest BCUT2D eigenvalue weighted by Crippen LogP contribution is 2.20. The Morgan fingerprint density at radius 3 is 2.25 bits per heavy atom. The Balaban J connectivity index is 1.94. The van der Waals surface area contributed by atoms with Gasteiger partial charge in [-0.15, -0.1) is 0 Å². The summed E-state index contributed by atoms with van der Waals surface area (Å²) in [4.78, 5) is 30.1. The molecule has 3 rings (SSSR count). The third-order valence-electron chi connectivity index (χ3n) is 4.69. The second-order valence-electron chi connectivity index (χ2n) is 6.83. The molecule has 1 aromatic heterocycles. The Hall–Kier alpha value is -3.28. The second kappa shape index (κ2) is 8.17. The van der Waals surface area contributed by atoms with Crippen LogP contribution in [0.1, 0.15) is 29.8 Å². The zero-order valence-corrected chi connectivity index (χ0v) is 16.5. The Labute approximate surface area is 163 Å². The van der Waals surface area contributed by atoms with Crippen LogP contribution in [-0.2, 0) is 6.54 Å². The van der Waals surface area contributed by atoms with Gasteiger partial charge in [0.15, 0.2) is 0 Å². The lowest BCUT2D eigenvalue weighted by Crippen LogP contribution is -2.38. The predicted octanol–water partition coefficient (Wildman–Crippen LogP) is 3.60. The summed E-state index contributed by atoms with van der Waals surface area (Å²) >= 11 is 0. The van der Waals surface area contributed by atoms with Crippen molar-refractivity contribution in [3.8, 4) is 11.5 Å². The van der Waals surface area contributed by atoms with Gasteiger partial charge in [-0.05, 0) is 62.4 Å². The van der Waals surface area contributed by atoms with Gasteiger partial charge >= 0.3 is 0 Å². The third-order valence-corrected chi connectivity index (χ3v) is 4.69. The van der Waals surface area contributed by atoms with Crippen LogP contribution >= 0.6 is 0 Å². The molecule has 1 N–H and O–H groups in total. The van der Waals surface area contributed by atoms with Gasteiger partial charge < -0.3 is 19.4 Å². The minimum Gasteiger partial charge on any atom is -0.497 e. The molecule has 0 saturated carbocycles. The maximum Gasteiger partial charge on any atom is 0.254 e. The number of aromatic nitrogens is 1. The van der Waals surface area contributed by atoms with Gasteiger partial charge in [-0.25, -0.2) is 0 Å². The van der Waals surface area contributed by atoms with E-state index in [1.165, 1.54) is 0 Å². The number of methoxy groups -OCH3 is 2. The van der Waals surface area contributed by atoms with Crippen LogP contribution in [-0.4, -0.2) is 36.1 Å². The van der Waals surface area contributed by atoms with Gasteiger partial charge in [0.25, 0.3) is 11.5 Å². The molecule has 0 atom stereocenters. The largest absolute Gasteiger partial charge is 0.497 e. The number of fused-ring (bicyclic) bond motifs is 1. The predicted molar refractivity (Wildman–Crippen MR) is 109 cm³/mol. The minimum atomic E-state index is -0.203. The summed E-state index contributed by atoms with van der Waals surface area (Å²) in [5.74, 6) is 1.26. The first kappa shape index (κ1) is 19.5. The van der Waals surface area contributed by atoms with Crippen molar-refractivity contribution in [2.75, 3.05) is 14.2 Å². The van der Waals surface area contributed by atoms with E-state index in [9.17, 15) is 9.59 Å². The van der Waals surface area contributed by atoms with Crippen LogP contribution in [0.25, 0.3) is 10.9 Å². The van der Waals surface area contributed by atoms with E-state index in [0.29, 0.717) is 22.6 Å². The quantitative estimate of drug-likeness (QED) is 0.709. The molecule has 146 valence electrons. The monoisotopic (exact) mass is 380 g/mol. The molecule has 0 unspecified atom stereocenters. The van der Waals surface area contributed by atoms with Crippen molar-refractivity contribution in [1.82, 2.24) is 9.88 Å². The Morgan fingerprint density at radius 1 is 1.00 bits per heavy atom. The summed E-state index contributed by atoms with van der Waals surface area (Å²) < 4.78 is 10.4. The molecule has 0 aliphatic rings. The Kier molecular flexibility index (Phi) is 5.68. The van der Waals surface area contributed by atoms with E-state index in [2.05, 4.69) is 4.98 Å². The summed E-state index contributed by atoms with van der Waals surface area (Å²) in [6.07, 6.45) is 0. The van der Waals surface area contributed by atoms with Crippen LogP contribution in [0.15, 0.2) is 53.3 Å². The number of ether oxygens (including phenoxy) is 2. The van der Waals surface area contributed by atoms with Crippen molar-refractivity contribution in [1.29, 1.82) is 0 Å². The Morgan fingerprint density at radius 2 is 1.64 bits per heavy atom. The molecule has 6 nitrogen and oxygen atoms in total. The van der Waals surface area contributed by atoms with Crippen molar-refractivity contribution in [3.63, 3.8) is 0 Å². The lowest BCUT2D eigenvalue weighted by Gasteiger charge is -2.27. The lowest BCUT2D eigenvalue weighted by molar-refractivity contribution is 0.0689. The van der Waals surface area contributed by atoms with E-state index < -0.39 is 0 Å². The van der Waals surface area contributed by atoms with Gasteiger partial charge in [0.1, 0.15) is 11.5 Å². The van der Waals surface area contributed by atoms with Gasteiger partial charge in [0.2, 0.25) is 0 Å². The minimum absolute atomic E-state index is 0.0741. The first-order valence-electron chi connectivity index (χ1n) is 9.08. The van der Waals surface area contributed by atoms with Crippen LogP contribution in [0.2, 0.25) is 0 Å². The fourth-order valence-electron chi connectivity index (χ4n) is 3.05. The molecule has 6 heteroatoms. The van der Waals surface area contributed by atoms with Gasteiger partial charge in [-0.1, -0.05) is 0 Å². The maximum atomic E-state index is 13.0. The smallest absolute Gasteiger partial charge is 0.254 e. The number of benzene rings is 2. The van der Waals surface area contributed by atoms with Crippen LogP contribution in [0.3, 0.4) is 0 Å². The van der Waals surface area contributed by atoms with Gasteiger partial charge in [0.05, 0.1) is 20.8 Å². The number of rotatable bonds is 6. The molecule has 0 aliphatic carbocycles. The summed E-state index contributed by atoms with van der Waals surface area (Å²) in [5, 5.41) is 0.856. The number of carbonyl (C=O) groups excluding carboxylic acids is 1. The highest BCUT2D eigenvalue weighted by molar-refractivity contribution is 5.94. The molecule has 0 aliphatic heterocycles. The first-order valence-corrected chi connectivity index (χ1v) is 9.08. The van der Waals surface area contributed by atoms with Crippen LogP contribution in [0.4, 0.5) is 0 Å². The molecule has 0 bridgehead atoms. The number of aromatic amines is 1. The molecule has 0 fully saturated rings. The number of amides is 1. The van der Waals surface area contributed by atoms with Gasteiger partial charge in [0, 0.05) is 28.1 Å². The van der Waals surface area contributed by atoms with Crippen molar-refractivity contribution in [2.45, 2.75) is 26.4 Å². The summed E-state index contributed by atoms with van der Waals surface area (Å²) in [5.41, 5.74) is 1.60. The number of carbonyl (C=O) groups is 1. The first-order chi connectivity index (χ1) is 13.4. The van der Waals surface area contributed by atoms with Crippen molar-refractivity contribution in [3.05, 3.63) is 70.0 Å². The highest BCUT2D eigenvalue weighted by atomic mass is 16.5. The fourth-order valence-corrected chi connectivity index (χ4v) is 3.05. The van der Waals surface area contributed by atoms with Crippen molar-refractivity contribution < 1.29 is 14.3 Å². The number of pyridine rings is 1. The van der Waals surface area contributed by atoms with Crippen molar-refractivity contribution in [2.24, 2.45) is 0 Å². The fraction of sp³-hybridized carbons (Fsp3) is 0.273. The number of nitrogens with one attached hydrogen (secondary N) is 1. The van der Waals surface area contributed by atoms with E-state index in [4.69, 9.17) is 9.47 Å².